The van der Waals surface area contributed by atoms with Gasteiger partial charge in [-0.1, -0.05) is 6.92 Å². The zero-order valence-corrected chi connectivity index (χ0v) is 12.1. The highest BCUT2D eigenvalue weighted by Gasteiger charge is 2.21. The molecule has 0 saturated carbocycles. The van der Waals surface area contributed by atoms with Crippen molar-refractivity contribution in [3.63, 3.8) is 0 Å². The van der Waals surface area contributed by atoms with Crippen LogP contribution in [0.3, 0.4) is 0 Å². The van der Waals surface area contributed by atoms with Crippen LogP contribution in [0.15, 0.2) is 15.2 Å². The topological polar surface area (TPSA) is 15.3 Å². The molecule has 1 aromatic heterocycles. The van der Waals surface area contributed by atoms with Crippen LogP contribution in [0.5, 0.6) is 0 Å². The number of halogens is 1. The van der Waals surface area contributed by atoms with Crippen LogP contribution in [-0.4, -0.2) is 30.6 Å². The molecule has 2 rings (SSSR count). The number of hydrogen-bond donors (Lipinski definition) is 1. The summed E-state index contributed by atoms with van der Waals surface area (Å²) in [7, 11) is 0. The van der Waals surface area contributed by atoms with Gasteiger partial charge in [0.15, 0.2) is 0 Å². The van der Waals surface area contributed by atoms with E-state index in [0.717, 1.165) is 19.1 Å². The Kier molecular flexibility index (Phi) is 4.82. The molecule has 0 spiro atoms. The summed E-state index contributed by atoms with van der Waals surface area (Å²) in [4.78, 5) is 2.62. The third kappa shape index (κ3) is 3.29. The molecule has 1 aromatic rings. The number of thiophene rings is 1. The quantitative estimate of drug-likeness (QED) is 0.899. The van der Waals surface area contributed by atoms with Crippen molar-refractivity contribution in [3.05, 3.63) is 20.8 Å². The molecule has 1 unspecified atom stereocenters. The Hall–Kier alpha value is 0.1000. The number of hydrogen-bond acceptors (Lipinski definition) is 3. The zero-order chi connectivity index (χ0) is 11.4. The van der Waals surface area contributed by atoms with E-state index in [0.29, 0.717) is 0 Å². The summed E-state index contributed by atoms with van der Waals surface area (Å²) >= 11 is 5.31. The van der Waals surface area contributed by atoms with Gasteiger partial charge in [-0.05, 0) is 58.9 Å². The lowest BCUT2D eigenvalue weighted by Crippen LogP contribution is -2.36. The molecule has 0 amide bonds. The summed E-state index contributed by atoms with van der Waals surface area (Å²) in [5.41, 5.74) is 1.44. The Labute approximate surface area is 110 Å². The van der Waals surface area contributed by atoms with Crippen LogP contribution in [0.2, 0.25) is 0 Å². The largest absolute Gasteiger partial charge is 0.315 e. The Morgan fingerprint density at radius 3 is 3.06 bits per heavy atom. The van der Waals surface area contributed by atoms with Crippen molar-refractivity contribution in [2.75, 3.05) is 19.6 Å². The monoisotopic (exact) mass is 302 g/mol. The lowest BCUT2D eigenvalue weighted by Gasteiger charge is -2.27. The lowest BCUT2D eigenvalue weighted by atomic mass is 10.2. The Bertz CT molecular complexity index is 321. The van der Waals surface area contributed by atoms with Gasteiger partial charge in [-0.25, -0.2) is 0 Å². The average Bonchev–Trinajstić information content (AvgIpc) is 2.88. The minimum Gasteiger partial charge on any atom is -0.315 e. The van der Waals surface area contributed by atoms with E-state index < -0.39 is 0 Å². The summed E-state index contributed by atoms with van der Waals surface area (Å²) < 4.78 is 1.24. The minimum absolute atomic E-state index is 0.735. The van der Waals surface area contributed by atoms with Crippen molar-refractivity contribution in [2.24, 2.45) is 0 Å². The lowest BCUT2D eigenvalue weighted by molar-refractivity contribution is 0.200. The smallest absolute Gasteiger partial charge is 0.0701 e. The number of nitrogens with one attached hydrogen (secondary N) is 1. The maximum absolute atomic E-state index is 3.53. The van der Waals surface area contributed by atoms with Crippen LogP contribution in [0.1, 0.15) is 25.3 Å². The normalized spacial score (nSPS) is 20.8. The number of rotatable bonds is 5. The predicted octanol–water partition coefficient (Wildman–Crippen LogP) is 3.08. The van der Waals surface area contributed by atoms with Crippen molar-refractivity contribution in [1.82, 2.24) is 10.2 Å². The highest BCUT2D eigenvalue weighted by atomic mass is 79.9. The summed E-state index contributed by atoms with van der Waals surface area (Å²) in [5, 5.41) is 5.71. The molecule has 1 N–H and O–H groups in total. The van der Waals surface area contributed by atoms with Gasteiger partial charge in [-0.2, -0.15) is 0 Å². The van der Waals surface area contributed by atoms with Crippen molar-refractivity contribution in [3.8, 4) is 0 Å². The number of nitrogens with zero attached hydrogens (tertiary/aromatic N) is 1. The Balaban J connectivity index is 1.96. The molecule has 1 aliphatic heterocycles. The van der Waals surface area contributed by atoms with Gasteiger partial charge in [0.1, 0.15) is 0 Å². The van der Waals surface area contributed by atoms with Gasteiger partial charge in [-0.3, -0.25) is 4.90 Å². The van der Waals surface area contributed by atoms with Gasteiger partial charge in [-0.15, -0.1) is 11.3 Å². The first kappa shape index (κ1) is 12.6. The van der Waals surface area contributed by atoms with Gasteiger partial charge in [0, 0.05) is 19.1 Å². The average molecular weight is 303 g/mol. The van der Waals surface area contributed by atoms with Crippen LogP contribution < -0.4 is 5.32 Å². The van der Waals surface area contributed by atoms with Gasteiger partial charge in [0.25, 0.3) is 0 Å². The molecule has 0 aromatic carbocycles. The summed E-state index contributed by atoms with van der Waals surface area (Å²) in [6.07, 6.45) is 2.53. The van der Waals surface area contributed by atoms with Crippen molar-refractivity contribution in [2.45, 2.75) is 32.4 Å². The van der Waals surface area contributed by atoms with E-state index in [2.05, 4.69) is 44.5 Å². The fourth-order valence-electron chi connectivity index (χ4n) is 2.29. The molecule has 1 aliphatic rings. The van der Waals surface area contributed by atoms with E-state index in [1.54, 1.807) is 11.3 Å². The maximum Gasteiger partial charge on any atom is 0.0701 e. The predicted molar refractivity (Wildman–Crippen MR) is 74.0 cm³/mol. The van der Waals surface area contributed by atoms with E-state index in [4.69, 9.17) is 0 Å². The van der Waals surface area contributed by atoms with E-state index in [-0.39, 0.29) is 0 Å². The van der Waals surface area contributed by atoms with Gasteiger partial charge in [0.2, 0.25) is 0 Å². The van der Waals surface area contributed by atoms with Gasteiger partial charge < -0.3 is 5.32 Å². The summed E-state index contributed by atoms with van der Waals surface area (Å²) in [5.74, 6) is 0. The fraction of sp³-hybridized carbons (Fsp3) is 0.667. The SMILES string of the molecule is CCCN(Cc1csc(Br)c1)C1CCNC1. The molecule has 1 fully saturated rings. The molecule has 90 valence electrons. The van der Waals surface area contributed by atoms with Crippen molar-refractivity contribution < 1.29 is 0 Å². The molecule has 2 nitrogen and oxygen atoms in total. The highest BCUT2D eigenvalue weighted by Crippen LogP contribution is 2.23. The van der Waals surface area contributed by atoms with E-state index in [1.807, 2.05) is 0 Å². The van der Waals surface area contributed by atoms with E-state index in [9.17, 15) is 0 Å². The molecule has 1 saturated heterocycles. The Morgan fingerprint density at radius 2 is 2.50 bits per heavy atom. The molecule has 4 heteroatoms. The van der Waals surface area contributed by atoms with Crippen molar-refractivity contribution >= 4 is 27.3 Å². The molecule has 0 radical (unpaired) electrons. The van der Waals surface area contributed by atoms with E-state index in [1.165, 1.54) is 35.3 Å². The second kappa shape index (κ2) is 6.15. The van der Waals surface area contributed by atoms with Crippen LogP contribution >= 0.6 is 27.3 Å². The van der Waals surface area contributed by atoms with Gasteiger partial charge >= 0.3 is 0 Å². The van der Waals surface area contributed by atoms with Gasteiger partial charge in [0.05, 0.1) is 3.79 Å². The third-order valence-electron chi connectivity index (χ3n) is 3.07. The zero-order valence-electron chi connectivity index (χ0n) is 9.71. The third-order valence-corrected chi connectivity index (χ3v) is 4.62. The maximum atomic E-state index is 3.53. The van der Waals surface area contributed by atoms with Crippen molar-refractivity contribution in [1.29, 1.82) is 0 Å². The molecular formula is C12H19BrN2S. The first-order chi connectivity index (χ1) is 7.79. The van der Waals surface area contributed by atoms with Crippen LogP contribution in [-0.2, 0) is 6.54 Å². The van der Waals surface area contributed by atoms with Crippen LogP contribution in [0.4, 0.5) is 0 Å². The van der Waals surface area contributed by atoms with Crippen LogP contribution in [0.25, 0.3) is 0 Å². The molecule has 16 heavy (non-hydrogen) atoms. The second-order valence-corrected chi connectivity index (χ2v) is 6.67. The molecular weight excluding hydrogens is 284 g/mol. The molecule has 1 atom stereocenters. The highest BCUT2D eigenvalue weighted by molar-refractivity contribution is 9.11. The summed E-state index contributed by atoms with van der Waals surface area (Å²) in [6.45, 7) is 6.91. The second-order valence-electron chi connectivity index (χ2n) is 4.38. The Morgan fingerprint density at radius 1 is 1.62 bits per heavy atom. The minimum atomic E-state index is 0.735. The molecule has 0 aliphatic carbocycles. The standard InChI is InChI=1S/C12H19BrN2S/c1-2-5-15(11-3-4-14-7-11)8-10-6-12(13)16-9-10/h6,9,11,14H,2-5,7-8H2,1H3. The fourth-order valence-corrected chi connectivity index (χ4v) is 3.49. The molecule has 0 bridgehead atoms. The first-order valence-corrected chi connectivity index (χ1v) is 7.64. The first-order valence-electron chi connectivity index (χ1n) is 5.97. The molecule has 2 heterocycles. The summed E-state index contributed by atoms with van der Waals surface area (Å²) in [6, 6.07) is 2.98. The van der Waals surface area contributed by atoms with Crippen LogP contribution in [0, 0.1) is 0 Å². The van der Waals surface area contributed by atoms with E-state index >= 15 is 0 Å².